The number of amides is 1. The second-order valence-electron chi connectivity index (χ2n) is 6.01. The Morgan fingerprint density at radius 2 is 1.93 bits per heavy atom. The minimum atomic E-state index is -4.61. The second kappa shape index (κ2) is 6.90. The molecular weight excluding hydrogens is 365 g/mol. The highest BCUT2D eigenvalue weighted by Crippen LogP contribution is 2.30. The maximum atomic E-state index is 12.8. The number of benzene rings is 1. The molecule has 1 aliphatic heterocycles. The summed E-state index contributed by atoms with van der Waals surface area (Å²) in [6.45, 7) is -0.201. The van der Waals surface area contributed by atoms with E-state index in [1.807, 2.05) is 0 Å². The van der Waals surface area contributed by atoms with Crippen LogP contribution >= 0.6 is 0 Å². The number of carbonyl (C=O) groups is 2. The van der Waals surface area contributed by atoms with Crippen LogP contribution in [-0.4, -0.2) is 30.1 Å². The molecule has 2 heterocycles. The monoisotopic (exact) mass is 380 g/mol. The molecule has 0 saturated heterocycles. The van der Waals surface area contributed by atoms with Crippen LogP contribution in [0.15, 0.2) is 41.3 Å². The SMILES string of the molecule is COC(=O)c1ccc2c(c1)CCN2C(=O)Cn1cc(C(F)(F)F)ccc1=O. The fourth-order valence-electron chi connectivity index (χ4n) is 2.96. The van der Waals surface area contributed by atoms with Gasteiger partial charge in [0.15, 0.2) is 0 Å². The first-order valence-corrected chi connectivity index (χ1v) is 8.00. The number of hydrogen-bond acceptors (Lipinski definition) is 4. The molecule has 0 saturated carbocycles. The molecule has 2 aromatic rings. The number of carbonyl (C=O) groups excluding carboxylic acids is 2. The van der Waals surface area contributed by atoms with Gasteiger partial charge in [-0.15, -0.1) is 0 Å². The molecule has 27 heavy (non-hydrogen) atoms. The summed E-state index contributed by atoms with van der Waals surface area (Å²) in [6, 6.07) is 6.18. The van der Waals surface area contributed by atoms with Gasteiger partial charge in [-0.05, 0) is 36.2 Å². The van der Waals surface area contributed by atoms with Gasteiger partial charge < -0.3 is 14.2 Å². The second-order valence-corrected chi connectivity index (χ2v) is 6.01. The smallest absolute Gasteiger partial charge is 0.417 e. The van der Waals surface area contributed by atoms with Crippen molar-refractivity contribution in [1.82, 2.24) is 4.57 Å². The summed E-state index contributed by atoms with van der Waals surface area (Å²) in [5.41, 5.74) is -0.0359. The van der Waals surface area contributed by atoms with Gasteiger partial charge in [0, 0.05) is 24.5 Å². The molecule has 1 amide bonds. The minimum Gasteiger partial charge on any atom is -0.465 e. The molecule has 1 aliphatic rings. The number of fused-ring (bicyclic) bond motifs is 1. The van der Waals surface area contributed by atoms with Crippen LogP contribution in [0.5, 0.6) is 0 Å². The van der Waals surface area contributed by atoms with Crippen LogP contribution < -0.4 is 10.5 Å². The van der Waals surface area contributed by atoms with Crippen molar-refractivity contribution < 1.29 is 27.5 Å². The van der Waals surface area contributed by atoms with E-state index in [0.29, 0.717) is 36.5 Å². The lowest BCUT2D eigenvalue weighted by Gasteiger charge is -2.18. The van der Waals surface area contributed by atoms with E-state index in [2.05, 4.69) is 4.74 Å². The van der Waals surface area contributed by atoms with E-state index in [4.69, 9.17) is 0 Å². The van der Waals surface area contributed by atoms with Crippen LogP contribution in [0.4, 0.5) is 18.9 Å². The van der Waals surface area contributed by atoms with Crippen molar-refractivity contribution in [3.8, 4) is 0 Å². The van der Waals surface area contributed by atoms with Gasteiger partial charge in [-0.2, -0.15) is 13.2 Å². The van der Waals surface area contributed by atoms with E-state index in [0.717, 1.165) is 16.2 Å². The van der Waals surface area contributed by atoms with Crippen molar-refractivity contribution in [2.75, 3.05) is 18.6 Å². The molecule has 0 fully saturated rings. The number of alkyl halides is 3. The Hall–Kier alpha value is -3.10. The lowest BCUT2D eigenvalue weighted by molar-refractivity contribution is -0.138. The summed E-state index contributed by atoms with van der Waals surface area (Å²) < 4.78 is 43.9. The summed E-state index contributed by atoms with van der Waals surface area (Å²) in [5.74, 6) is -1.01. The first kappa shape index (κ1) is 18.7. The fraction of sp³-hybridized carbons (Fsp3) is 0.278. The van der Waals surface area contributed by atoms with Gasteiger partial charge in [0.1, 0.15) is 6.54 Å². The van der Waals surface area contributed by atoms with Crippen molar-refractivity contribution in [2.24, 2.45) is 0 Å². The summed E-state index contributed by atoms with van der Waals surface area (Å²) in [4.78, 5) is 37.4. The molecule has 6 nitrogen and oxygen atoms in total. The van der Waals surface area contributed by atoms with Crippen LogP contribution in [0.25, 0.3) is 0 Å². The number of rotatable bonds is 3. The van der Waals surface area contributed by atoms with Gasteiger partial charge in [-0.3, -0.25) is 9.59 Å². The quantitative estimate of drug-likeness (QED) is 0.766. The van der Waals surface area contributed by atoms with Crippen molar-refractivity contribution in [2.45, 2.75) is 19.1 Å². The third-order valence-electron chi connectivity index (χ3n) is 4.31. The molecule has 0 N–H and O–H groups in total. The highest BCUT2D eigenvalue weighted by atomic mass is 19.4. The molecule has 0 radical (unpaired) electrons. The Morgan fingerprint density at radius 3 is 2.59 bits per heavy atom. The zero-order chi connectivity index (χ0) is 19.8. The number of ether oxygens (including phenoxy) is 1. The predicted octanol–water partition coefficient (Wildman–Crippen LogP) is 2.24. The van der Waals surface area contributed by atoms with Gasteiger partial charge in [-0.1, -0.05) is 0 Å². The topological polar surface area (TPSA) is 68.6 Å². The number of nitrogens with zero attached hydrogens (tertiary/aromatic N) is 2. The zero-order valence-corrected chi connectivity index (χ0v) is 14.2. The highest BCUT2D eigenvalue weighted by Gasteiger charge is 2.32. The number of pyridine rings is 1. The maximum absolute atomic E-state index is 12.8. The van der Waals surface area contributed by atoms with E-state index in [9.17, 15) is 27.6 Å². The Morgan fingerprint density at radius 1 is 1.19 bits per heavy atom. The Kier molecular flexibility index (Phi) is 4.77. The van der Waals surface area contributed by atoms with Crippen LogP contribution in [0.1, 0.15) is 21.5 Å². The molecule has 9 heteroatoms. The number of hydrogen-bond donors (Lipinski definition) is 0. The molecule has 0 bridgehead atoms. The molecule has 1 aromatic carbocycles. The summed E-state index contributed by atoms with van der Waals surface area (Å²) >= 11 is 0. The largest absolute Gasteiger partial charge is 0.465 e. The van der Waals surface area contributed by atoms with Crippen LogP contribution in [0.3, 0.4) is 0 Å². The van der Waals surface area contributed by atoms with Gasteiger partial charge in [-0.25, -0.2) is 4.79 Å². The summed E-state index contributed by atoms with van der Waals surface area (Å²) in [6.07, 6.45) is -3.48. The molecular formula is C18H15F3N2O4. The molecule has 3 rings (SSSR count). The highest BCUT2D eigenvalue weighted by molar-refractivity contribution is 5.97. The van der Waals surface area contributed by atoms with E-state index in [-0.39, 0.29) is 0 Å². The average molecular weight is 380 g/mol. The first-order valence-electron chi connectivity index (χ1n) is 8.00. The number of halogens is 3. The van der Waals surface area contributed by atoms with Crippen LogP contribution in [0, 0.1) is 0 Å². The lowest BCUT2D eigenvalue weighted by Crippen LogP contribution is -2.35. The lowest BCUT2D eigenvalue weighted by atomic mass is 10.1. The molecule has 0 spiro atoms. The Balaban J connectivity index is 1.84. The van der Waals surface area contributed by atoms with Gasteiger partial charge in [0.2, 0.25) is 5.91 Å². The third-order valence-corrected chi connectivity index (χ3v) is 4.31. The van der Waals surface area contributed by atoms with E-state index < -0.39 is 35.7 Å². The average Bonchev–Trinajstić information content (AvgIpc) is 3.05. The van der Waals surface area contributed by atoms with Crippen molar-refractivity contribution in [3.63, 3.8) is 0 Å². The van der Waals surface area contributed by atoms with E-state index in [1.54, 1.807) is 12.1 Å². The van der Waals surface area contributed by atoms with Crippen molar-refractivity contribution in [3.05, 3.63) is 63.6 Å². The molecule has 142 valence electrons. The molecule has 1 aromatic heterocycles. The van der Waals surface area contributed by atoms with Crippen LogP contribution in [0.2, 0.25) is 0 Å². The predicted molar refractivity (Wildman–Crippen MR) is 89.5 cm³/mol. The van der Waals surface area contributed by atoms with Gasteiger partial charge in [0.05, 0.1) is 18.2 Å². The van der Waals surface area contributed by atoms with Gasteiger partial charge >= 0.3 is 12.1 Å². The summed E-state index contributed by atoms with van der Waals surface area (Å²) in [7, 11) is 1.26. The van der Waals surface area contributed by atoms with Gasteiger partial charge in [0.25, 0.3) is 5.56 Å². The number of methoxy groups -OCH3 is 1. The standard InChI is InChI=1S/C18H15F3N2O4/c1-27-17(26)12-2-4-14-11(8-12)6-7-23(14)16(25)10-22-9-13(18(19,20)21)3-5-15(22)24/h2-5,8-9H,6-7,10H2,1H3. The Labute approximate surface area is 151 Å². The summed E-state index contributed by atoms with van der Waals surface area (Å²) in [5, 5.41) is 0. The van der Waals surface area contributed by atoms with E-state index >= 15 is 0 Å². The third kappa shape index (κ3) is 3.71. The molecule has 0 aliphatic carbocycles. The van der Waals surface area contributed by atoms with Crippen LogP contribution in [-0.2, 0) is 28.7 Å². The number of aromatic nitrogens is 1. The number of esters is 1. The fourth-order valence-corrected chi connectivity index (χ4v) is 2.96. The molecule has 0 atom stereocenters. The Bertz CT molecular complexity index is 966. The zero-order valence-electron chi connectivity index (χ0n) is 14.2. The first-order chi connectivity index (χ1) is 12.7. The molecule has 0 unspecified atom stereocenters. The van der Waals surface area contributed by atoms with Crippen molar-refractivity contribution in [1.29, 1.82) is 0 Å². The van der Waals surface area contributed by atoms with E-state index in [1.165, 1.54) is 18.1 Å². The maximum Gasteiger partial charge on any atom is 0.417 e. The minimum absolute atomic E-state index is 0.312. The normalized spacial score (nSPS) is 13.4. The number of anilines is 1. The van der Waals surface area contributed by atoms with Crippen molar-refractivity contribution >= 4 is 17.6 Å².